The fourth-order valence-corrected chi connectivity index (χ4v) is 0.446. The van der Waals surface area contributed by atoms with Gasteiger partial charge in [-0.05, 0) is 6.92 Å². The Morgan fingerprint density at radius 1 is 1.50 bits per heavy atom. The van der Waals surface area contributed by atoms with Crippen molar-refractivity contribution in [2.24, 2.45) is 0 Å². The van der Waals surface area contributed by atoms with Gasteiger partial charge in [0.05, 0.1) is 13.0 Å². The predicted molar refractivity (Wildman–Crippen MR) is 45.3 cm³/mol. The lowest BCUT2D eigenvalue weighted by molar-refractivity contribution is -0.140. The molecule has 5 heteroatoms. The van der Waals surface area contributed by atoms with Gasteiger partial charge in [0.2, 0.25) is 0 Å². The molecule has 0 saturated heterocycles. The third kappa shape index (κ3) is 22.9. The smallest absolute Gasteiger partial charge is 0.304 e. The molecule has 0 aromatic carbocycles. The Hall–Kier alpha value is -0.770. The van der Waals surface area contributed by atoms with Crippen LogP contribution in [0.5, 0.6) is 0 Å². The molecule has 0 saturated carbocycles. The molecule has 12 heavy (non-hydrogen) atoms. The summed E-state index contributed by atoms with van der Waals surface area (Å²) in [6.45, 7) is 3.65. The average molecular weight is 197 g/mol. The first kappa shape index (κ1) is 13.8. The minimum absolute atomic E-state index is 0.0571. The second kappa shape index (κ2) is 10.2. The quantitative estimate of drug-likeness (QED) is 0.546. The largest absolute Gasteiger partial charge is 0.481 e. The van der Waals surface area contributed by atoms with Crippen LogP contribution in [0.15, 0.2) is 0 Å². The van der Waals surface area contributed by atoms with E-state index in [1.807, 2.05) is 0 Å². The zero-order valence-electron chi connectivity index (χ0n) is 7.17. The van der Waals surface area contributed by atoms with Gasteiger partial charge in [0, 0.05) is 12.8 Å². The summed E-state index contributed by atoms with van der Waals surface area (Å²) in [6.07, 6.45) is 0.0571. The summed E-state index contributed by atoms with van der Waals surface area (Å²) in [5.41, 5.74) is 0. The van der Waals surface area contributed by atoms with E-state index in [4.69, 9.17) is 16.7 Å². The van der Waals surface area contributed by atoms with Gasteiger partial charge in [-0.3, -0.25) is 9.59 Å². The van der Waals surface area contributed by atoms with Crippen molar-refractivity contribution in [3.8, 4) is 0 Å². The highest BCUT2D eigenvalue weighted by Gasteiger charge is 1.89. The van der Waals surface area contributed by atoms with Crippen LogP contribution in [0.2, 0.25) is 0 Å². The maximum absolute atomic E-state index is 9.82. The van der Waals surface area contributed by atoms with E-state index in [0.717, 1.165) is 0 Å². The highest BCUT2D eigenvalue weighted by molar-refractivity contribution is 6.18. The minimum Gasteiger partial charge on any atom is -0.481 e. The number of hydrogen-bond acceptors (Lipinski definition) is 3. The number of aliphatic carboxylic acids is 1. The van der Waals surface area contributed by atoms with Crippen molar-refractivity contribution >= 4 is 23.5 Å². The van der Waals surface area contributed by atoms with Gasteiger partial charge in [-0.15, -0.1) is 11.6 Å². The lowest BCUT2D eigenvalue weighted by Crippen LogP contribution is -1.95. The summed E-state index contributed by atoms with van der Waals surface area (Å²) < 4.78 is 4.40. The molecule has 0 amide bonds. The molecule has 0 radical (unpaired) electrons. The van der Waals surface area contributed by atoms with Crippen molar-refractivity contribution in [3.05, 3.63) is 0 Å². The second-order valence-electron chi connectivity index (χ2n) is 1.76. The molecule has 0 fully saturated rings. The minimum atomic E-state index is -0.843. The summed E-state index contributed by atoms with van der Waals surface area (Å²) in [4.78, 5) is 19.3. The molecule has 0 aromatic rings. The van der Waals surface area contributed by atoms with Crippen LogP contribution in [0.25, 0.3) is 0 Å². The Kier molecular flexibility index (Phi) is 11.8. The van der Waals surface area contributed by atoms with E-state index in [9.17, 15) is 9.59 Å². The molecule has 0 aliphatic rings. The van der Waals surface area contributed by atoms with Crippen LogP contribution in [0.3, 0.4) is 0 Å². The zero-order chi connectivity index (χ0) is 9.98. The Bertz CT molecular complexity index is 119. The number of carbonyl (C=O) groups excluding carboxylic acids is 1. The van der Waals surface area contributed by atoms with Crippen LogP contribution in [-0.2, 0) is 14.3 Å². The lowest BCUT2D eigenvalue weighted by Gasteiger charge is -1.89. The number of esters is 1. The van der Waals surface area contributed by atoms with Gasteiger partial charge in [-0.25, -0.2) is 0 Å². The van der Waals surface area contributed by atoms with Crippen molar-refractivity contribution < 1.29 is 19.4 Å². The zero-order valence-corrected chi connectivity index (χ0v) is 7.93. The molecule has 0 heterocycles. The molecule has 0 spiro atoms. The van der Waals surface area contributed by atoms with Crippen molar-refractivity contribution in [1.82, 2.24) is 0 Å². The maximum atomic E-state index is 9.82. The van der Waals surface area contributed by atoms with Gasteiger partial charge < -0.3 is 9.84 Å². The Labute approximate surface area is 76.5 Å². The lowest BCUT2D eigenvalue weighted by atomic mass is 10.5. The second-order valence-corrected chi connectivity index (χ2v) is 2.14. The summed E-state index contributed by atoms with van der Waals surface area (Å²) in [5.74, 6) is -0.850. The standard InChI is InChI=1S/C4H8O2.C3H5ClO2/c1-3-6-4(2)5;4-2-1-3(5)6/h3H2,1-2H3;1-2H2,(H,5,6). The first-order chi connectivity index (χ1) is 5.54. The number of carboxylic acid groups (broad SMARTS) is 1. The van der Waals surface area contributed by atoms with E-state index < -0.39 is 5.97 Å². The fourth-order valence-electron chi connectivity index (χ4n) is 0.284. The normalized spacial score (nSPS) is 7.92. The summed E-state index contributed by atoms with van der Waals surface area (Å²) >= 11 is 5.02. The van der Waals surface area contributed by atoms with Crippen molar-refractivity contribution in [2.45, 2.75) is 20.3 Å². The first-order valence-electron chi connectivity index (χ1n) is 3.45. The van der Waals surface area contributed by atoms with Gasteiger partial charge in [0.25, 0.3) is 0 Å². The molecule has 0 bridgehead atoms. The molecule has 0 aromatic heterocycles. The van der Waals surface area contributed by atoms with Gasteiger partial charge in [0.1, 0.15) is 0 Å². The van der Waals surface area contributed by atoms with Gasteiger partial charge >= 0.3 is 11.9 Å². The fraction of sp³-hybridized carbons (Fsp3) is 0.714. The van der Waals surface area contributed by atoms with Crippen molar-refractivity contribution in [1.29, 1.82) is 0 Å². The van der Waals surface area contributed by atoms with E-state index in [1.165, 1.54) is 6.92 Å². The van der Waals surface area contributed by atoms with Crippen molar-refractivity contribution in [3.63, 3.8) is 0 Å². The molecule has 1 N–H and O–H groups in total. The molecule has 4 nitrogen and oxygen atoms in total. The summed E-state index contributed by atoms with van der Waals surface area (Å²) in [6, 6.07) is 0. The number of halogens is 1. The van der Waals surface area contributed by atoms with E-state index in [1.54, 1.807) is 6.92 Å². The average Bonchev–Trinajstić information content (AvgIpc) is 1.87. The first-order valence-corrected chi connectivity index (χ1v) is 3.99. The monoisotopic (exact) mass is 196 g/mol. The number of carbonyl (C=O) groups is 2. The van der Waals surface area contributed by atoms with Crippen LogP contribution in [0.1, 0.15) is 20.3 Å². The number of alkyl halides is 1. The highest BCUT2D eigenvalue weighted by atomic mass is 35.5. The molecule has 0 aliphatic carbocycles. The molecule has 0 unspecified atom stereocenters. The SMILES string of the molecule is CCOC(C)=O.O=C(O)CCCl. The third-order valence-electron chi connectivity index (χ3n) is 0.656. The number of hydrogen-bond donors (Lipinski definition) is 1. The van der Waals surface area contributed by atoms with Crippen molar-refractivity contribution in [2.75, 3.05) is 12.5 Å². The Morgan fingerprint density at radius 2 is 2.00 bits per heavy atom. The van der Waals surface area contributed by atoms with E-state index in [2.05, 4.69) is 4.74 Å². The summed E-state index contributed by atoms with van der Waals surface area (Å²) in [7, 11) is 0. The van der Waals surface area contributed by atoms with Gasteiger partial charge in [0.15, 0.2) is 0 Å². The van der Waals surface area contributed by atoms with Crippen LogP contribution in [-0.4, -0.2) is 29.5 Å². The van der Waals surface area contributed by atoms with E-state index in [0.29, 0.717) is 6.61 Å². The molecular weight excluding hydrogens is 184 g/mol. The number of rotatable bonds is 3. The third-order valence-corrected chi connectivity index (χ3v) is 0.845. The molecular formula is C7H13ClO4. The summed E-state index contributed by atoms with van der Waals surface area (Å²) in [5, 5.41) is 7.83. The topological polar surface area (TPSA) is 63.6 Å². The number of carboxylic acids is 1. The molecule has 0 rings (SSSR count). The van der Waals surface area contributed by atoms with Gasteiger partial charge in [-0.2, -0.15) is 0 Å². The van der Waals surface area contributed by atoms with Crippen LogP contribution in [0, 0.1) is 0 Å². The molecule has 72 valence electrons. The van der Waals surface area contributed by atoms with E-state index >= 15 is 0 Å². The number of ether oxygens (including phenoxy) is 1. The highest BCUT2D eigenvalue weighted by Crippen LogP contribution is 1.80. The van der Waals surface area contributed by atoms with E-state index in [-0.39, 0.29) is 18.3 Å². The Balaban J connectivity index is 0. The van der Waals surface area contributed by atoms with Crippen LogP contribution in [0.4, 0.5) is 0 Å². The predicted octanol–water partition coefficient (Wildman–Crippen LogP) is 1.27. The molecule has 0 atom stereocenters. The molecule has 0 aliphatic heterocycles. The maximum Gasteiger partial charge on any atom is 0.304 e. The van der Waals surface area contributed by atoms with Crippen LogP contribution >= 0.6 is 11.6 Å². The van der Waals surface area contributed by atoms with Crippen LogP contribution < -0.4 is 0 Å². The van der Waals surface area contributed by atoms with Gasteiger partial charge in [-0.1, -0.05) is 0 Å². The Morgan fingerprint density at radius 3 is 2.00 bits per heavy atom.